The summed E-state index contributed by atoms with van der Waals surface area (Å²) in [6.07, 6.45) is 4.96. The summed E-state index contributed by atoms with van der Waals surface area (Å²) in [6.45, 7) is 0.129. The zero-order chi connectivity index (χ0) is 14.5. The number of amides is 1. The van der Waals surface area contributed by atoms with E-state index in [2.05, 4.69) is 21.2 Å². The number of methoxy groups -OCH3 is 1. The number of ether oxygens (including phenoxy) is 1. The molecule has 1 amide bonds. The van der Waals surface area contributed by atoms with Crippen LogP contribution < -0.4 is 10.1 Å². The Bertz CT molecular complexity index is 516. The Morgan fingerprint density at radius 3 is 2.95 bits per heavy atom. The molecule has 0 aromatic heterocycles. The van der Waals surface area contributed by atoms with Gasteiger partial charge in [-0.1, -0.05) is 28.1 Å². The van der Waals surface area contributed by atoms with E-state index in [0.29, 0.717) is 6.42 Å². The topological polar surface area (TPSA) is 58.6 Å². The molecular weight excluding hydrogens is 322 g/mol. The fourth-order valence-corrected chi connectivity index (χ4v) is 2.65. The highest BCUT2D eigenvalue weighted by Gasteiger charge is 2.20. The van der Waals surface area contributed by atoms with E-state index in [9.17, 15) is 4.79 Å². The molecule has 0 saturated heterocycles. The van der Waals surface area contributed by atoms with Crippen LogP contribution in [0.15, 0.2) is 34.8 Å². The molecule has 0 bridgehead atoms. The maximum absolute atomic E-state index is 12.0. The monoisotopic (exact) mass is 339 g/mol. The van der Waals surface area contributed by atoms with Crippen molar-refractivity contribution >= 4 is 21.8 Å². The maximum atomic E-state index is 12.0. The zero-order valence-corrected chi connectivity index (χ0v) is 12.9. The van der Waals surface area contributed by atoms with Gasteiger partial charge in [0.25, 0.3) is 0 Å². The van der Waals surface area contributed by atoms with Crippen molar-refractivity contribution in [3.05, 3.63) is 40.4 Å². The summed E-state index contributed by atoms with van der Waals surface area (Å²) in [5, 5.41) is 12.0. The highest BCUT2D eigenvalue weighted by atomic mass is 79.9. The molecule has 108 valence electrons. The number of hydrogen-bond acceptors (Lipinski definition) is 3. The minimum absolute atomic E-state index is 0.0176. The van der Waals surface area contributed by atoms with Gasteiger partial charge in [-0.25, -0.2) is 0 Å². The predicted molar refractivity (Wildman–Crippen MR) is 80.7 cm³/mol. The molecule has 5 heteroatoms. The van der Waals surface area contributed by atoms with E-state index in [0.717, 1.165) is 22.2 Å². The van der Waals surface area contributed by atoms with Gasteiger partial charge in [-0.05, 0) is 30.2 Å². The van der Waals surface area contributed by atoms with Crippen molar-refractivity contribution in [2.75, 3.05) is 13.7 Å². The molecular formula is C15H18BrNO3. The fourth-order valence-electron chi connectivity index (χ4n) is 2.26. The SMILES string of the molecule is COc1ccc(Br)c(CC(=O)N[C@@H]2C=C[C@H](CO)C2)c1. The fraction of sp³-hybridized carbons (Fsp3) is 0.400. The minimum Gasteiger partial charge on any atom is -0.497 e. The molecule has 0 unspecified atom stereocenters. The van der Waals surface area contributed by atoms with Gasteiger partial charge >= 0.3 is 0 Å². The second-order valence-electron chi connectivity index (χ2n) is 4.87. The quantitative estimate of drug-likeness (QED) is 0.807. The Morgan fingerprint density at radius 1 is 1.50 bits per heavy atom. The molecule has 0 aliphatic heterocycles. The molecule has 1 aromatic rings. The summed E-state index contributed by atoms with van der Waals surface area (Å²) in [5.74, 6) is 0.855. The van der Waals surface area contributed by atoms with Crippen LogP contribution in [0, 0.1) is 5.92 Å². The molecule has 0 fully saturated rings. The second-order valence-corrected chi connectivity index (χ2v) is 5.73. The van der Waals surface area contributed by atoms with Gasteiger partial charge in [0.1, 0.15) is 5.75 Å². The van der Waals surface area contributed by atoms with E-state index in [4.69, 9.17) is 9.84 Å². The average Bonchev–Trinajstić information content (AvgIpc) is 2.88. The number of rotatable bonds is 5. The van der Waals surface area contributed by atoms with Crippen LogP contribution in [-0.4, -0.2) is 30.8 Å². The Morgan fingerprint density at radius 2 is 2.30 bits per heavy atom. The molecule has 0 saturated carbocycles. The van der Waals surface area contributed by atoms with Crippen molar-refractivity contribution in [2.45, 2.75) is 18.9 Å². The van der Waals surface area contributed by atoms with E-state index in [1.165, 1.54) is 0 Å². The Labute approximate surface area is 127 Å². The third kappa shape index (κ3) is 3.84. The molecule has 0 radical (unpaired) electrons. The van der Waals surface area contributed by atoms with Crippen molar-refractivity contribution < 1.29 is 14.6 Å². The van der Waals surface area contributed by atoms with Gasteiger partial charge in [-0.3, -0.25) is 4.79 Å². The van der Waals surface area contributed by atoms with Gasteiger partial charge in [-0.15, -0.1) is 0 Å². The van der Waals surface area contributed by atoms with Crippen molar-refractivity contribution in [1.82, 2.24) is 5.32 Å². The minimum atomic E-state index is -0.0350. The van der Waals surface area contributed by atoms with Gasteiger partial charge in [0.2, 0.25) is 5.91 Å². The van der Waals surface area contributed by atoms with Crippen LogP contribution >= 0.6 is 15.9 Å². The van der Waals surface area contributed by atoms with Crippen LogP contribution in [0.25, 0.3) is 0 Å². The van der Waals surface area contributed by atoms with Crippen LogP contribution in [0.5, 0.6) is 5.75 Å². The third-order valence-corrected chi connectivity index (χ3v) is 4.13. The summed E-state index contributed by atoms with van der Waals surface area (Å²) in [6, 6.07) is 5.59. The first-order chi connectivity index (χ1) is 9.62. The number of aliphatic hydroxyl groups is 1. The smallest absolute Gasteiger partial charge is 0.224 e. The lowest BCUT2D eigenvalue weighted by molar-refractivity contribution is -0.120. The van der Waals surface area contributed by atoms with Crippen LogP contribution in [-0.2, 0) is 11.2 Å². The summed E-state index contributed by atoms with van der Waals surface area (Å²) >= 11 is 3.44. The summed E-state index contributed by atoms with van der Waals surface area (Å²) in [7, 11) is 1.60. The van der Waals surface area contributed by atoms with Gasteiger partial charge in [0.05, 0.1) is 13.5 Å². The summed E-state index contributed by atoms with van der Waals surface area (Å²) < 4.78 is 6.05. The Kier molecular flexibility index (Phi) is 5.20. The van der Waals surface area contributed by atoms with Crippen LogP contribution in [0.2, 0.25) is 0 Å². The molecule has 1 aromatic carbocycles. The van der Waals surface area contributed by atoms with Gasteiger partial charge < -0.3 is 15.2 Å². The van der Waals surface area contributed by atoms with E-state index < -0.39 is 0 Å². The number of benzene rings is 1. The first-order valence-corrected chi connectivity index (χ1v) is 7.32. The number of hydrogen-bond donors (Lipinski definition) is 2. The highest BCUT2D eigenvalue weighted by molar-refractivity contribution is 9.10. The van der Waals surface area contributed by atoms with E-state index in [-0.39, 0.29) is 24.5 Å². The molecule has 20 heavy (non-hydrogen) atoms. The standard InChI is InChI=1S/C15H18BrNO3/c1-20-13-4-5-14(16)11(7-13)8-15(19)17-12-3-2-10(6-12)9-18/h2-5,7,10,12,18H,6,8-9H2,1H3,(H,17,19)/t10-,12+/m0/s1. The molecule has 0 heterocycles. The summed E-state index contributed by atoms with van der Waals surface area (Å²) in [4.78, 5) is 12.0. The number of carbonyl (C=O) groups excluding carboxylic acids is 1. The first kappa shape index (κ1) is 15.1. The van der Waals surface area contributed by atoms with E-state index in [1.54, 1.807) is 7.11 Å². The molecule has 2 atom stereocenters. The largest absolute Gasteiger partial charge is 0.497 e. The highest BCUT2D eigenvalue weighted by Crippen LogP contribution is 2.23. The third-order valence-electron chi connectivity index (χ3n) is 3.36. The van der Waals surface area contributed by atoms with Crippen molar-refractivity contribution in [3.8, 4) is 5.75 Å². The van der Waals surface area contributed by atoms with Gasteiger partial charge in [0, 0.05) is 23.0 Å². The van der Waals surface area contributed by atoms with Crippen molar-refractivity contribution in [1.29, 1.82) is 0 Å². The van der Waals surface area contributed by atoms with Crippen molar-refractivity contribution in [2.24, 2.45) is 5.92 Å². The predicted octanol–water partition coefficient (Wildman–Crippen LogP) is 2.05. The molecule has 2 N–H and O–H groups in total. The number of halogens is 1. The Hall–Kier alpha value is -1.33. The second kappa shape index (κ2) is 6.90. The van der Waals surface area contributed by atoms with Crippen LogP contribution in [0.1, 0.15) is 12.0 Å². The van der Waals surface area contributed by atoms with Gasteiger partial charge in [0.15, 0.2) is 0 Å². The Balaban J connectivity index is 1.93. The number of nitrogens with one attached hydrogen (secondary N) is 1. The lowest BCUT2D eigenvalue weighted by Gasteiger charge is -2.13. The average molecular weight is 340 g/mol. The normalized spacial score (nSPS) is 20.9. The van der Waals surface area contributed by atoms with E-state index in [1.807, 2.05) is 30.4 Å². The number of carbonyl (C=O) groups is 1. The van der Waals surface area contributed by atoms with Crippen LogP contribution in [0.3, 0.4) is 0 Å². The lowest BCUT2D eigenvalue weighted by Crippen LogP contribution is -2.34. The first-order valence-electron chi connectivity index (χ1n) is 6.53. The lowest BCUT2D eigenvalue weighted by atomic mass is 10.1. The molecule has 1 aliphatic carbocycles. The molecule has 0 spiro atoms. The molecule has 1 aliphatic rings. The molecule has 2 rings (SSSR count). The maximum Gasteiger partial charge on any atom is 0.224 e. The van der Waals surface area contributed by atoms with Gasteiger partial charge in [-0.2, -0.15) is 0 Å². The molecule has 4 nitrogen and oxygen atoms in total. The van der Waals surface area contributed by atoms with Crippen LogP contribution in [0.4, 0.5) is 0 Å². The zero-order valence-electron chi connectivity index (χ0n) is 11.3. The summed E-state index contributed by atoms with van der Waals surface area (Å²) in [5.41, 5.74) is 0.891. The van der Waals surface area contributed by atoms with Crippen molar-refractivity contribution in [3.63, 3.8) is 0 Å². The van der Waals surface area contributed by atoms with E-state index >= 15 is 0 Å². The number of aliphatic hydroxyl groups excluding tert-OH is 1.